The second-order valence-electron chi connectivity index (χ2n) is 5.36. The van der Waals surface area contributed by atoms with E-state index in [9.17, 15) is 14.0 Å². The van der Waals surface area contributed by atoms with Crippen LogP contribution in [0.25, 0.3) is 0 Å². The summed E-state index contributed by atoms with van der Waals surface area (Å²) in [6.07, 6.45) is 0.0276. The van der Waals surface area contributed by atoms with Crippen molar-refractivity contribution in [3.05, 3.63) is 46.7 Å². The summed E-state index contributed by atoms with van der Waals surface area (Å²) in [5.74, 6) is -0.782. The van der Waals surface area contributed by atoms with Crippen molar-refractivity contribution >= 4 is 28.3 Å². The summed E-state index contributed by atoms with van der Waals surface area (Å²) in [4.78, 5) is 27.8. The number of aromatic nitrogens is 1. The highest BCUT2D eigenvalue weighted by molar-refractivity contribution is 7.13. The van der Waals surface area contributed by atoms with Crippen molar-refractivity contribution in [1.82, 2.24) is 10.3 Å². The first-order valence-electron chi connectivity index (χ1n) is 7.20. The summed E-state index contributed by atoms with van der Waals surface area (Å²) in [5, 5.41) is 7.55. The average Bonchev–Trinajstić information content (AvgIpc) is 2.94. The third-order valence-electron chi connectivity index (χ3n) is 3.06. The number of hydrogen-bond donors (Lipinski definition) is 2. The fourth-order valence-electron chi connectivity index (χ4n) is 1.85. The Morgan fingerprint density at radius 3 is 2.74 bits per heavy atom. The number of carbonyl (C=O) groups is 2. The standard InChI is InChI=1S/C16H18FN3O2S/c1-10(2)13-9-23-16(19-13)20-15(22)8-18-14(21)7-11-4-3-5-12(17)6-11/h3-6,9-10H,7-8H2,1-2H3,(H,18,21)(H,19,20,22). The smallest absolute Gasteiger partial charge is 0.245 e. The molecule has 0 fully saturated rings. The Morgan fingerprint density at radius 1 is 1.30 bits per heavy atom. The van der Waals surface area contributed by atoms with Crippen molar-refractivity contribution in [2.75, 3.05) is 11.9 Å². The zero-order chi connectivity index (χ0) is 16.8. The van der Waals surface area contributed by atoms with Gasteiger partial charge in [-0.05, 0) is 23.6 Å². The van der Waals surface area contributed by atoms with Gasteiger partial charge in [0.15, 0.2) is 5.13 Å². The SMILES string of the molecule is CC(C)c1csc(NC(=O)CNC(=O)Cc2cccc(F)c2)n1. The molecule has 1 heterocycles. The summed E-state index contributed by atoms with van der Waals surface area (Å²) in [6, 6.07) is 5.81. The first-order chi connectivity index (χ1) is 10.9. The molecular weight excluding hydrogens is 317 g/mol. The van der Waals surface area contributed by atoms with Crippen molar-refractivity contribution in [3.8, 4) is 0 Å². The lowest BCUT2D eigenvalue weighted by Gasteiger charge is -2.05. The summed E-state index contributed by atoms with van der Waals surface area (Å²) < 4.78 is 13.0. The molecule has 0 spiro atoms. The van der Waals surface area contributed by atoms with Crippen molar-refractivity contribution in [3.63, 3.8) is 0 Å². The Balaban J connectivity index is 1.78. The van der Waals surface area contributed by atoms with E-state index in [-0.39, 0.29) is 24.8 Å². The van der Waals surface area contributed by atoms with E-state index in [4.69, 9.17) is 0 Å². The molecule has 122 valence electrons. The molecule has 2 rings (SSSR count). The predicted octanol–water partition coefficient (Wildman–Crippen LogP) is 2.70. The largest absolute Gasteiger partial charge is 0.347 e. The molecule has 0 aliphatic carbocycles. The van der Waals surface area contributed by atoms with Crippen molar-refractivity contribution in [2.45, 2.75) is 26.2 Å². The molecular formula is C16H18FN3O2S. The van der Waals surface area contributed by atoms with E-state index in [1.54, 1.807) is 12.1 Å². The number of benzene rings is 1. The number of rotatable bonds is 6. The lowest BCUT2D eigenvalue weighted by atomic mass is 10.1. The molecule has 0 saturated heterocycles. The molecule has 0 unspecified atom stereocenters. The summed E-state index contributed by atoms with van der Waals surface area (Å²) in [5.41, 5.74) is 1.48. The molecule has 0 aliphatic heterocycles. The van der Waals surface area contributed by atoms with E-state index in [2.05, 4.69) is 15.6 Å². The Kier molecular flexibility index (Phi) is 5.81. The molecule has 0 saturated carbocycles. The van der Waals surface area contributed by atoms with Gasteiger partial charge < -0.3 is 10.6 Å². The third-order valence-corrected chi connectivity index (χ3v) is 3.84. The number of anilines is 1. The molecule has 1 aromatic heterocycles. The van der Waals surface area contributed by atoms with Crippen LogP contribution in [0.4, 0.5) is 9.52 Å². The molecule has 23 heavy (non-hydrogen) atoms. The highest BCUT2D eigenvalue weighted by Crippen LogP contribution is 2.21. The fourth-order valence-corrected chi connectivity index (χ4v) is 2.73. The van der Waals surface area contributed by atoms with Gasteiger partial charge in [0.25, 0.3) is 0 Å². The number of hydrogen-bond acceptors (Lipinski definition) is 4. The highest BCUT2D eigenvalue weighted by Gasteiger charge is 2.10. The van der Waals surface area contributed by atoms with Crippen LogP contribution in [0.5, 0.6) is 0 Å². The van der Waals surface area contributed by atoms with E-state index >= 15 is 0 Å². The van der Waals surface area contributed by atoms with Gasteiger partial charge in [-0.3, -0.25) is 9.59 Å². The van der Waals surface area contributed by atoms with Crippen LogP contribution in [-0.4, -0.2) is 23.3 Å². The van der Waals surface area contributed by atoms with Crippen molar-refractivity contribution in [1.29, 1.82) is 0 Å². The number of nitrogens with one attached hydrogen (secondary N) is 2. The number of halogens is 1. The minimum Gasteiger partial charge on any atom is -0.347 e. The summed E-state index contributed by atoms with van der Waals surface area (Å²) in [7, 11) is 0. The number of nitrogens with zero attached hydrogens (tertiary/aromatic N) is 1. The van der Waals surface area contributed by atoms with E-state index in [0.717, 1.165) is 5.69 Å². The Hall–Kier alpha value is -2.28. The van der Waals surface area contributed by atoms with Gasteiger partial charge in [0.2, 0.25) is 11.8 Å². The first kappa shape index (κ1) is 17.1. The van der Waals surface area contributed by atoms with Gasteiger partial charge in [-0.25, -0.2) is 9.37 Å². The van der Waals surface area contributed by atoms with Crippen LogP contribution in [0.2, 0.25) is 0 Å². The zero-order valence-electron chi connectivity index (χ0n) is 12.9. The lowest BCUT2D eigenvalue weighted by molar-refractivity contribution is -0.123. The van der Waals surface area contributed by atoms with Gasteiger partial charge in [0.05, 0.1) is 18.7 Å². The average molecular weight is 335 g/mol. The molecule has 2 N–H and O–H groups in total. The number of thiazole rings is 1. The highest BCUT2D eigenvalue weighted by atomic mass is 32.1. The van der Waals surface area contributed by atoms with Gasteiger partial charge in [-0.1, -0.05) is 26.0 Å². The monoisotopic (exact) mass is 335 g/mol. The van der Waals surface area contributed by atoms with Crippen LogP contribution in [0.15, 0.2) is 29.6 Å². The summed E-state index contributed by atoms with van der Waals surface area (Å²) >= 11 is 1.35. The molecule has 1 aromatic carbocycles. The molecule has 0 atom stereocenters. The Morgan fingerprint density at radius 2 is 2.09 bits per heavy atom. The summed E-state index contributed by atoms with van der Waals surface area (Å²) in [6.45, 7) is 3.89. The van der Waals surface area contributed by atoms with Crippen molar-refractivity contribution < 1.29 is 14.0 Å². The normalized spacial score (nSPS) is 10.6. The fraction of sp³-hybridized carbons (Fsp3) is 0.312. The van der Waals surface area contributed by atoms with Crippen LogP contribution in [0, 0.1) is 5.82 Å². The Bertz CT molecular complexity index is 700. The molecule has 0 bridgehead atoms. The molecule has 0 radical (unpaired) electrons. The third kappa shape index (κ3) is 5.45. The maximum atomic E-state index is 13.0. The molecule has 7 heteroatoms. The lowest BCUT2D eigenvalue weighted by Crippen LogP contribution is -2.33. The minimum atomic E-state index is -0.391. The maximum absolute atomic E-state index is 13.0. The predicted molar refractivity (Wildman–Crippen MR) is 87.9 cm³/mol. The zero-order valence-corrected chi connectivity index (χ0v) is 13.7. The van der Waals surface area contributed by atoms with E-state index in [1.165, 1.54) is 23.5 Å². The van der Waals surface area contributed by atoms with E-state index < -0.39 is 5.82 Å². The van der Waals surface area contributed by atoms with Crippen LogP contribution < -0.4 is 10.6 Å². The van der Waals surface area contributed by atoms with E-state index in [0.29, 0.717) is 16.6 Å². The van der Waals surface area contributed by atoms with Gasteiger partial charge >= 0.3 is 0 Å². The maximum Gasteiger partial charge on any atom is 0.245 e. The van der Waals surface area contributed by atoms with Gasteiger partial charge in [0.1, 0.15) is 5.82 Å². The van der Waals surface area contributed by atoms with Gasteiger partial charge in [0, 0.05) is 5.38 Å². The molecule has 2 aromatic rings. The quantitative estimate of drug-likeness (QED) is 0.853. The van der Waals surface area contributed by atoms with E-state index in [1.807, 2.05) is 19.2 Å². The van der Waals surface area contributed by atoms with Gasteiger partial charge in [-0.15, -0.1) is 11.3 Å². The number of amides is 2. The molecule has 0 aliphatic rings. The second-order valence-corrected chi connectivity index (χ2v) is 6.22. The van der Waals surface area contributed by atoms with Crippen LogP contribution in [-0.2, 0) is 16.0 Å². The van der Waals surface area contributed by atoms with Crippen molar-refractivity contribution in [2.24, 2.45) is 0 Å². The first-order valence-corrected chi connectivity index (χ1v) is 8.08. The second kappa shape index (κ2) is 7.82. The topological polar surface area (TPSA) is 71.1 Å². The van der Waals surface area contributed by atoms with Crippen LogP contribution in [0.1, 0.15) is 31.0 Å². The molecule has 2 amide bonds. The minimum absolute atomic E-state index is 0.0276. The molecule has 5 nitrogen and oxygen atoms in total. The van der Waals surface area contributed by atoms with Crippen LogP contribution in [0.3, 0.4) is 0 Å². The number of carbonyl (C=O) groups excluding carboxylic acids is 2. The van der Waals surface area contributed by atoms with Crippen LogP contribution >= 0.6 is 11.3 Å². The van der Waals surface area contributed by atoms with Gasteiger partial charge in [-0.2, -0.15) is 0 Å². The Labute approximate surface area is 137 Å².